The van der Waals surface area contributed by atoms with Crippen molar-refractivity contribution in [1.82, 2.24) is 15.2 Å². The van der Waals surface area contributed by atoms with E-state index in [1.54, 1.807) is 30.4 Å². The molecule has 1 fully saturated rings. The number of piperazine rings is 1. The number of thiophene rings is 1. The molecule has 180 valence electrons. The number of anilines is 1. The maximum atomic E-state index is 10.6. The van der Waals surface area contributed by atoms with Crippen LogP contribution in [0.4, 0.5) is 5.82 Å². The second-order valence-electron chi connectivity index (χ2n) is 8.63. The first kappa shape index (κ1) is 21.9. The summed E-state index contributed by atoms with van der Waals surface area (Å²) in [7, 11) is 0. The molecule has 3 aromatic heterocycles. The summed E-state index contributed by atoms with van der Waals surface area (Å²) >= 11 is 1.59. The van der Waals surface area contributed by atoms with Gasteiger partial charge in [-0.15, -0.1) is 11.3 Å². The third kappa shape index (κ3) is 4.09. The quantitative estimate of drug-likeness (QED) is 0.358. The Kier molecular flexibility index (Phi) is 5.56. The fourth-order valence-electron chi connectivity index (χ4n) is 4.53. The molecule has 6 rings (SSSR count). The molecule has 4 heterocycles. The number of hydrogen-bond acceptors (Lipinski definition) is 10. The van der Waals surface area contributed by atoms with Crippen LogP contribution in [0.5, 0.6) is 11.5 Å². The zero-order valence-electron chi connectivity index (χ0n) is 19.0. The predicted molar refractivity (Wildman–Crippen MR) is 133 cm³/mol. The van der Waals surface area contributed by atoms with Crippen LogP contribution in [0.25, 0.3) is 32.5 Å². The summed E-state index contributed by atoms with van der Waals surface area (Å²) < 4.78 is 18.1. The van der Waals surface area contributed by atoms with Crippen LogP contribution in [0.15, 0.2) is 63.0 Å². The topological polar surface area (TPSA) is 108 Å². The predicted octanol–water partition coefficient (Wildman–Crippen LogP) is 4.31. The highest BCUT2D eigenvalue weighted by Gasteiger charge is 2.30. The number of benzene rings is 2. The van der Waals surface area contributed by atoms with Crippen LogP contribution in [-0.4, -0.2) is 63.9 Å². The average molecular weight is 493 g/mol. The van der Waals surface area contributed by atoms with E-state index >= 15 is 0 Å². The first-order valence-electron chi connectivity index (χ1n) is 11.4. The fraction of sp³-hybridized carbons (Fsp3) is 0.280. The molecular formula is C25H24N4O5S. The van der Waals surface area contributed by atoms with E-state index in [9.17, 15) is 10.2 Å². The van der Waals surface area contributed by atoms with Crippen molar-refractivity contribution in [3.8, 4) is 22.8 Å². The lowest BCUT2D eigenvalue weighted by Gasteiger charge is -2.40. The van der Waals surface area contributed by atoms with Crippen molar-refractivity contribution in [2.75, 3.05) is 31.1 Å². The molecule has 9 nitrogen and oxygen atoms in total. The molecule has 0 spiro atoms. The van der Waals surface area contributed by atoms with Gasteiger partial charge in [0.05, 0.1) is 5.39 Å². The normalized spacial score (nSPS) is 16.7. The summed E-state index contributed by atoms with van der Waals surface area (Å²) in [5.74, 6) is 1.56. The van der Waals surface area contributed by atoms with Crippen LogP contribution < -0.4 is 9.64 Å². The maximum Gasteiger partial charge on any atom is 0.180 e. The standard InChI is InChI=1S/C25H24N4O5S/c1-15(30)25(32-18-4-2-3-16(13-18)22-23-20(33-26-22)7-12-35-23)29-10-8-28(9-11-29)24-19-6-5-17(31)14-21(19)34-27-24/h2-7,12-15,25,30-31H,8-11H2,1H3/t15?,25-/m1/s1. The van der Waals surface area contributed by atoms with Crippen LogP contribution in [0.2, 0.25) is 0 Å². The lowest BCUT2D eigenvalue weighted by atomic mass is 10.1. The summed E-state index contributed by atoms with van der Waals surface area (Å²) in [6.07, 6.45) is -1.20. The third-order valence-electron chi connectivity index (χ3n) is 6.27. The second-order valence-corrected chi connectivity index (χ2v) is 9.55. The van der Waals surface area contributed by atoms with Crippen molar-refractivity contribution in [3.05, 3.63) is 53.9 Å². The first-order chi connectivity index (χ1) is 17.1. The number of ether oxygens (including phenoxy) is 1. The van der Waals surface area contributed by atoms with Gasteiger partial charge in [-0.2, -0.15) is 0 Å². The number of aliphatic hydroxyl groups is 1. The Morgan fingerprint density at radius 3 is 2.66 bits per heavy atom. The highest BCUT2D eigenvalue weighted by atomic mass is 32.1. The smallest absolute Gasteiger partial charge is 0.180 e. The lowest BCUT2D eigenvalue weighted by Crippen LogP contribution is -2.55. The van der Waals surface area contributed by atoms with Gasteiger partial charge in [0.25, 0.3) is 0 Å². The Hall–Kier alpha value is -3.60. The third-order valence-corrected chi connectivity index (χ3v) is 7.17. The van der Waals surface area contributed by atoms with Crippen molar-refractivity contribution in [3.63, 3.8) is 0 Å². The van der Waals surface area contributed by atoms with Gasteiger partial charge in [-0.3, -0.25) is 4.90 Å². The minimum Gasteiger partial charge on any atom is -0.508 e. The molecule has 0 saturated carbocycles. The van der Waals surface area contributed by atoms with Gasteiger partial charge < -0.3 is 28.9 Å². The van der Waals surface area contributed by atoms with Crippen molar-refractivity contribution in [2.45, 2.75) is 19.3 Å². The number of nitrogens with zero attached hydrogens (tertiary/aromatic N) is 4. The zero-order chi connectivity index (χ0) is 23.9. The summed E-state index contributed by atoms with van der Waals surface area (Å²) in [6, 6.07) is 14.6. The highest BCUT2D eigenvalue weighted by Crippen LogP contribution is 2.34. The minimum atomic E-state index is -0.697. The number of fused-ring (bicyclic) bond motifs is 2. The number of rotatable bonds is 6. The number of aromatic hydroxyl groups is 1. The molecule has 2 atom stereocenters. The summed E-state index contributed by atoms with van der Waals surface area (Å²) in [4.78, 5) is 4.28. The summed E-state index contributed by atoms with van der Waals surface area (Å²) in [6.45, 7) is 4.50. The van der Waals surface area contributed by atoms with E-state index in [1.807, 2.05) is 41.8 Å². The fourth-order valence-corrected chi connectivity index (χ4v) is 5.34. The van der Waals surface area contributed by atoms with E-state index in [1.165, 1.54) is 0 Å². The molecule has 1 unspecified atom stereocenters. The van der Waals surface area contributed by atoms with Gasteiger partial charge in [-0.25, -0.2) is 0 Å². The number of hydrogen-bond donors (Lipinski definition) is 2. The van der Waals surface area contributed by atoms with Gasteiger partial charge in [-0.1, -0.05) is 22.4 Å². The van der Waals surface area contributed by atoms with Crippen molar-refractivity contribution < 1.29 is 24.0 Å². The Bertz CT molecular complexity index is 1470. The van der Waals surface area contributed by atoms with Crippen LogP contribution in [0, 0.1) is 0 Å². The molecule has 10 heteroatoms. The molecule has 2 aromatic carbocycles. The number of aliphatic hydroxyl groups excluding tert-OH is 1. The van der Waals surface area contributed by atoms with E-state index in [-0.39, 0.29) is 5.75 Å². The van der Waals surface area contributed by atoms with Crippen LogP contribution in [0.3, 0.4) is 0 Å². The van der Waals surface area contributed by atoms with Crippen LogP contribution >= 0.6 is 11.3 Å². The molecule has 0 aliphatic carbocycles. The van der Waals surface area contributed by atoms with E-state index in [0.29, 0.717) is 37.5 Å². The highest BCUT2D eigenvalue weighted by molar-refractivity contribution is 7.17. The van der Waals surface area contributed by atoms with Crippen molar-refractivity contribution in [2.24, 2.45) is 0 Å². The van der Waals surface area contributed by atoms with Crippen LogP contribution in [0.1, 0.15) is 6.92 Å². The van der Waals surface area contributed by atoms with Crippen molar-refractivity contribution >= 4 is 38.4 Å². The first-order valence-corrected chi connectivity index (χ1v) is 12.3. The molecule has 0 radical (unpaired) electrons. The van der Waals surface area contributed by atoms with Gasteiger partial charge >= 0.3 is 0 Å². The van der Waals surface area contributed by atoms with E-state index in [2.05, 4.69) is 20.1 Å². The summed E-state index contributed by atoms with van der Waals surface area (Å²) in [5.41, 5.74) is 3.02. The van der Waals surface area contributed by atoms with Gasteiger partial charge in [0.1, 0.15) is 28.0 Å². The number of phenols is 1. The molecule has 35 heavy (non-hydrogen) atoms. The van der Waals surface area contributed by atoms with Gasteiger partial charge in [0.15, 0.2) is 23.2 Å². The SMILES string of the molecule is CC(O)[C@@H](Oc1cccc(-c2noc3ccsc23)c1)N1CCN(c2noc3cc(O)ccc23)CC1. The molecule has 5 aromatic rings. The molecule has 1 aliphatic heterocycles. The molecule has 1 aliphatic rings. The van der Waals surface area contributed by atoms with Gasteiger partial charge in [0.2, 0.25) is 0 Å². The molecule has 2 N–H and O–H groups in total. The number of phenolic OH excluding ortho intramolecular Hbond substituents is 1. The van der Waals surface area contributed by atoms with Gasteiger partial charge in [0, 0.05) is 37.8 Å². The Morgan fingerprint density at radius 1 is 1.00 bits per heavy atom. The number of aromatic nitrogens is 2. The zero-order valence-corrected chi connectivity index (χ0v) is 19.8. The Labute approximate surface area is 204 Å². The van der Waals surface area contributed by atoms with E-state index in [0.717, 1.165) is 32.7 Å². The van der Waals surface area contributed by atoms with Crippen LogP contribution in [-0.2, 0) is 0 Å². The van der Waals surface area contributed by atoms with E-state index < -0.39 is 12.3 Å². The monoisotopic (exact) mass is 492 g/mol. The van der Waals surface area contributed by atoms with Crippen molar-refractivity contribution in [1.29, 1.82) is 0 Å². The molecule has 0 amide bonds. The largest absolute Gasteiger partial charge is 0.508 e. The van der Waals surface area contributed by atoms with Gasteiger partial charge in [-0.05, 0) is 42.6 Å². The lowest BCUT2D eigenvalue weighted by molar-refractivity contribution is -0.0602. The average Bonchev–Trinajstić information content (AvgIpc) is 3.58. The Balaban J connectivity index is 1.17. The van der Waals surface area contributed by atoms with E-state index in [4.69, 9.17) is 13.8 Å². The Morgan fingerprint density at radius 2 is 1.83 bits per heavy atom. The molecule has 0 bridgehead atoms. The summed E-state index contributed by atoms with van der Waals surface area (Å²) in [5, 5.41) is 31.5. The second kappa shape index (κ2) is 8.88. The minimum absolute atomic E-state index is 0.148. The molecular weight excluding hydrogens is 468 g/mol. The maximum absolute atomic E-state index is 10.6. The molecule has 1 saturated heterocycles.